The molecule has 0 radical (unpaired) electrons. The number of hydrogen-bond donors (Lipinski definition) is 2. The lowest BCUT2D eigenvalue weighted by Gasteiger charge is -2.11. The number of rotatable bonds is 6. The van der Waals surface area contributed by atoms with E-state index >= 15 is 0 Å². The third-order valence-electron chi connectivity index (χ3n) is 2.19. The van der Waals surface area contributed by atoms with Gasteiger partial charge in [-0.1, -0.05) is 6.08 Å². The maximum Gasteiger partial charge on any atom is 0.244 e. The van der Waals surface area contributed by atoms with Crippen LogP contribution >= 0.6 is 0 Å². The summed E-state index contributed by atoms with van der Waals surface area (Å²) in [6.07, 6.45) is 1.43. The van der Waals surface area contributed by atoms with E-state index in [-0.39, 0.29) is 23.1 Å². The Labute approximate surface area is 112 Å². The molecule has 1 aromatic carbocycles. The average Bonchev–Trinajstić information content (AvgIpc) is 2.35. The first-order valence-corrected chi connectivity index (χ1v) is 6.95. The molecule has 1 rings (SSSR count). The molecule has 6 nitrogen and oxygen atoms in total. The van der Waals surface area contributed by atoms with Crippen LogP contribution in [-0.4, -0.2) is 28.0 Å². The topological polar surface area (TPSA) is 84.5 Å². The summed E-state index contributed by atoms with van der Waals surface area (Å²) in [5.74, 6) is -0.0850. The Hall–Kier alpha value is -1.86. The third-order valence-corrected chi connectivity index (χ3v) is 3.64. The van der Waals surface area contributed by atoms with E-state index in [1.54, 1.807) is 6.07 Å². The first kappa shape index (κ1) is 15.2. The molecule has 0 fully saturated rings. The lowest BCUT2D eigenvalue weighted by atomic mass is 10.3. The van der Waals surface area contributed by atoms with Gasteiger partial charge in [-0.15, -0.1) is 6.58 Å². The molecule has 1 aromatic rings. The molecule has 0 aromatic heterocycles. The molecule has 104 valence electrons. The Morgan fingerprint density at radius 1 is 1.47 bits per heavy atom. The van der Waals surface area contributed by atoms with E-state index in [4.69, 9.17) is 4.74 Å². The van der Waals surface area contributed by atoms with Crippen molar-refractivity contribution in [2.45, 2.75) is 11.8 Å². The van der Waals surface area contributed by atoms with Gasteiger partial charge >= 0.3 is 0 Å². The van der Waals surface area contributed by atoms with Crippen molar-refractivity contribution in [1.29, 1.82) is 0 Å². The Balaban J connectivity index is 3.22. The molecular weight excluding hydrogens is 268 g/mol. The van der Waals surface area contributed by atoms with E-state index in [0.29, 0.717) is 5.69 Å². The van der Waals surface area contributed by atoms with E-state index in [2.05, 4.69) is 16.6 Å². The van der Waals surface area contributed by atoms with Crippen molar-refractivity contribution in [3.05, 3.63) is 30.9 Å². The van der Waals surface area contributed by atoms with Crippen LogP contribution in [0.2, 0.25) is 0 Å². The molecule has 1 amide bonds. The van der Waals surface area contributed by atoms with Gasteiger partial charge in [0.1, 0.15) is 10.6 Å². The fourth-order valence-electron chi connectivity index (χ4n) is 1.41. The number of methoxy groups -OCH3 is 1. The number of carbonyl (C=O) groups excluding carboxylic acids is 1. The first-order chi connectivity index (χ1) is 8.90. The number of hydrogen-bond acceptors (Lipinski definition) is 4. The number of benzene rings is 1. The summed E-state index contributed by atoms with van der Waals surface area (Å²) in [6, 6.07) is 4.38. The zero-order chi connectivity index (χ0) is 14.5. The highest BCUT2D eigenvalue weighted by atomic mass is 32.2. The molecule has 2 N–H and O–H groups in total. The minimum atomic E-state index is -3.72. The highest BCUT2D eigenvalue weighted by Gasteiger charge is 2.19. The molecule has 0 aliphatic rings. The van der Waals surface area contributed by atoms with Crippen molar-refractivity contribution in [3.63, 3.8) is 0 Å². The largest absolute Gasteiger partial charge is 0.495 e. The second-order valence-electron chi connectivity index (χ2n) is 3.69. The molecule has 0 saturated carbocycles. The van der Waals surface area contributed by atoms with Crippen LogP contribution in [0.25, 0.3) is 0 Å². The van der Waals surface area contributed by atoms with Gasteiger partial charge in [-0.3, -0.25) is 4.79 Å². The lowest BCUT2D eigenvalue weighted by molar-refractivity contribution is -0.114. The van der Waals surface area contributed by atoms with Crippen molar-refractivity contribution >= 4 is 21.6 Å². The average molecular weight is 284 g/mol. The SMILES string of the molecule is C=CCNS(=O)(=O)c1cc(NC(C)=O)ccc1OC. The highest BCUT2D eigenvalue weighted by Crippen LogP contribution is 2.26. The summed E-state index contributed by atoms with van der Waals surface area (Å²) in [4.78, 5) is 10.9. The molecular formula is C12H16N2O4S. The number of sulfonamides is 1. The Kier molecular flexibility index (Phi) is 5.08. The standard InChI is InChI=1S/C12H16N2O4S/c1-4-7-13-19(16,17)12-8-10(14-9(2)15)5-6-11(12)18-3/h4-6,8,13H,1,7H2,2-3H3,(H,14,15). The first-order valence-electron chi connectivity index (χ1n) is 5.47. The van der Waals surface area contributed by atoms with Crippen molar-refractivity contribution in [2.75, 3.05) is 19.0 Å². The van der Waals surface area contributed by atoms with Crippen LogP contribution in [0.5, 0.6) is 5.75 Å². The number of ether oxygens (including phenoxy) is 1. The zero-order valence-electron chi connectivity index (χ0n) is 10.8. The van der Waals surface area contributed by atoms with Crippen LogP contribution < -0.4 is 14.8 Å². The van der Waals surface area contributed by atoms with Gasteiger partial charge in [0.2, 0.25) is 15.9 Å². The third kappa shape index (κ3) is 4.08. The number of carbonyl (C=O) groups is 1. The summed E-state index contributed by atoms with van der Waals surface area (Å²) < 4.78 is 31.5. The summed E-state index contributed by atoms with van der Waals surface area (Å²) in [6.45, 7) is 4.89. The van der Waals surface area contributed by atoms with Gasteiger partial charge in [0.25, 0.3) is 0 Å². The van der Waals surface area contributed by atoms with Gasteiger partial charge < -0.3 is 10.1 Å². The van der Waals surface area contributed by atoms with E-state index in [0.717, 1.165) is 0 Å². The quantitative estimate of drug-likeness (QED) is 0.767. The van der Waals surface area contributed by atoms with Gasteiger partial charge in [0, 0.05) is 19.2 Å². The normalized spacial score (nSPS) is 10.8. The van der Waals surface area contributed by atoms with Crippen LogP contribution in [0.3, 0.4) is 0 Å². The summed E-state index contributed by atoms with van der Waals surface area (Å²) >= 11 is 0. The maximum atomic E-state index is 12.1. The van der Waals surface area contributed by atoms with Gasteiger partial charge in [0.15, 0.2) is 0 Å². The van der Waals surface area contributed by atoms with Gasteiger partial charge in [-0.2, -0.15) is 0 Å². The summed E-state index contributed by atoms with van der Waals surface area (Å²) in [5, 5.41) is 2.52. The molecule has 0 aliphatic carbocycles. The van der Waals surface area contributed by atoms with E-state index in [1.807, 2.05) is 0 Å². The van der Waals surface area contributed by atoms with Gasteiger partial charge in [-0.25, -0.2) is 13.1 Å². The molecule has 0 atom stereocenters. The molecule has 0 heterocycles. The predicted octanol–water partition coefficient (Wildman–Crippen LogP) is 1.12. The summed E-state index contributed by atoms with van der Waals surface area (Å²) in [7, 11) is -2.35. The highest BCUT2D eigenvalue weighted by molar-refractivity contribution is 7.89. The van der Waals surface area contributed by atoms with Crippen molar-refractivity contribution in [1.82, 2.24) is 4.72 Å². The minimum Gasteiger partial charge on any atom is -0.495 e. The predicted molar refractivity (Wildman–Crippen MR) is 72.7 cm³/mol. The van der Waals surface area contributed by atoms with Crippen LogP contribution in [0, 0.1) is 0 Å². The minimum absolute atomic E-state index is 0.0388. The maximum absolute atomic E-state index is 12.1. The second kappa shape index (κ2) is 6.35. The molecule has 0 spiro atoms. The Morgan fingerprint density at radius 3 is 2.68 bits per heavy atom. The van der Waals surface area contributed by atoms with E-state index in [1.165, 1.54) is 32.2 Å². The van der Waals surface area contributed by atoms with E-state index in [9.17, 15) is 13.2 Å². The number of nitrogens with one attached hydrogen (secondary N) is 2. The number of amides is 1. The Morgan fingerprint density at radius 2 is 2.16 bits per heavy atom. The van der Waals surface area contributed by atoms with E-state index < -0.39 is 10.0 Å². The molecule has 0 saturated heterocycles. The molecule has 7 heteroatoms. The monoisotopic (exact) mass is 284 g/mol. The van der Waals surface area contributed by atoms with Crippen LogP contribution in [0.1, 0.15) is 6.92 Å². The molecule has 0 bridgehead atoms. The summed E-state index contributed by atoms with van der Waals surface area (Å²) in [5.41, 5.74) is 0.382. The lowest BCUT2D eigenvalue weighted by Crippen LogP contribution is -2.24. The fourth-order valence-corrected chi connectivity index (χ4v) is 2.61. The van der Waals surface area contributed by atoms with Crippen molar-refractivity contribution in [2.24, 2.45) is 0 Å². The Bertz CT molecular complexity index is 581. The fraction of sp³-hybridized carbons (Fsp3) is 0.250. The van der Waals surface area contributed by atoms with Crippen LogP contribution in [0.4, 0.5) is 5.69 Å². The molecule has 19 heavy (non-hydrogen) atoms. The van der Waals surface area contributed by atoms with Crippen LogP contribution in [-0.2, 0) is 14.8 Å². The van der Waals surface area contributed by atoms with Gasteiger partial charge in [-0.05, 0) is 18.2 Å². The van der Waals surface area contributed by atoms with Crippen molar-refractivity contribution in [3.8, 4) is 5.75 Å². The van der Waals surface area contributed by atoms with Gasteiger partial charge in [0.05, 0.1) is 7.11 Å². The molecule has 0 unspecified atom stereocenters. The number of anilines is 1. The second-order valence-corrected chi connectivity index (χ2v) is 5.42. The zero-order valence-corrected chi connectivity index (χ0v) is 11.6. The molecule has 0 aliphatic heterocycles. The smallest absolute Gasteiger partial charge is 0.244 e. The van der Waals surface area contributed by atoms with Crippen molar-refractivity contribution < 1.29 is 17.9 Å². The van der Waals surface area contributed by atoms with Crippen LogP contribution in [0.15, 0.2) is 35.7 Å².